The molecule has 3 rings (SSSR count). The van der Waals surface area contributed by atoms with Gasteiger partial charge in [0.1, 0.15) is 6.61 Å². The summed E-state index contributed by atoms with van der Waals surface area (Å²) in [5, 5.41) is 4.36. The highest BCUT2D eigenvalue weighted by Gasteiger charge is 2.20. The average molecular weight is 292 g/mol. The molecule has 0 bridgehead atoms. The third-order valence-corrected chi connectivity index (χ3v) is 4.09. The highest BCUT2D eigenvalue weighted by molar-refractivity contribution is 7.11. The van der Waals surface area contributed by atoms with Gasteiger partial charge in [0.15, 0.2) is 11.6 Å². The van der Waals surface area contributed by atoms with Crippen molar-refractivity contribution in [1.82, 2.24) is 10.3 Å². The van der Waals surface area contributed by atoms with Gasteiger partial charge in [0.25, 0.3) is 0 Å². The van der Waals surface area contributed by atoms with Crippen LogP contribution < -0.4 is 10.1 Å². The second-order valence-corrected chi connectivity index (χ2v) is 6.37. The standard InChI is InChI=1S/C15H17FN2OS/c1-10-17-8-13(20-10)9-19-15-5-2-11(6-14(15)16)7-18-12-3-4-12/h2,5-6,8,12,18H,3-4,7,9H2,1H3. The van der Waals surface area contributed by atoms with Crippen molar-refractivity contribution in [2.24, 2.45) is 0 Å². The summed E-state index contributed by atoms with van der Waals surface area (Å²) in [6, 6.07) is 5.78. The number of ether oxygens (including phenoxy) is 1. The first kappa shape index (κ1) is 13.5. The number of aromatic nitrogens is 1. The van der Waals surface area contributed by atoms with Crippen LogP contribution in [0.5, 0.6) is 5.75 Å². The topological polar surface area (TPSA) is 34.1 Å². The van der Waals surface area contributed by atoms with Gasteiger partial charge in [-0.1, -0.05) is 6.07 Å². The molecule has 5 heteroatoms. The minimum atomic E-state index is -0.304. The maximum absolute atomic E-state index is 13.9. The molecule has 1 aromatic carbocycles. The van der Waals surface area contributed by atoms with Crippen LogP contribution in [0.25, 0.3) is 0 Å². The van der Waals surface area contributed by atoms with Crippen LogP contribution in [0.4, 0.5) is 4.39 Å². The summed E-state index contributed by atoms with van der Waals surface area (Å²) in [7, 11) is 0. The zero-order valence-corrected chi connectivity index (χ0v) is 12.2. The second-order valence-electron chi connectivity index (χ2n) is 5.05. The Morgan fingerprint density at radius 2 is 2.30 bits per heavy atom. The lowest BCUT2D eigenvalue weighted by molar-refractivity contribution is 0.293. The summed E-state index contributed by atoms with van der Waals surface area (Å²) < 4.78 is 19.4. The molecule has 0 spiro atoms. The maximum atomic E-state index is 13.9. The third-order valence-electron chi connectivity index (χ3n) is 3.21. The number of rotatable bonds is 6. The van der Waals surface area contributed by atoms with Crippen molar-refractivity contribution in [2.75, 3.05) is 0 Å². The van der Waals surface area contributed by atoms with Crippen LogP contribution >= 0.6 is 11.3 Å². The zero-order valence-electron chi connectivity index (χ0n) is 11.4. The minimum absolute atomic E-state index is 0.297. The van der Waals surface area contributed by atoms with Crippen LogP contribution in [0, 0.1) is 12.7 Å². The summed E-state index contributed by atoms with van der Waals surface area (Å²) in [6.07, 6.45) is 4.24. The Morgan fingerprint density at radius 3 is 2.95 bits per heavy atom. The number of nitrogens with one attached hydrogen (secondary N) is 1. The van der Waals surface area contributed by atoms with Crippen molar-refractivity contribution in [3.05, 3.63) is 45.7 Å². The highest BCUT2D eigenvalue weighted by atomic mass is 32.1. The van der Waals surface area contributed by atoms with Crippen molar-refractivity contribution < 1.29 is 9.13 Å². The Kier molecular flexibility index (Phi) is 3.98. The summed E-state index contributed by atoms with van der Waals surface area (Å²) in [6.45, 7) is 3.02. The van der Waals surface area contributed by atoms with E-state index in [2.05, 4.69) is 10.3 Å². The lowest BCUT2D eigenvalue weighted by Crippen LogP contribution is -2.15. The number of thiazole rings is 1. The van der Waals surface area contributed by atoms with Gasteiger partial charge in [0.2, 0.25) is 0 Å². The lowest BCUT2D eigenvalue weighted by atomic mass is 10.2. The fourth-order valence-electron chi connectivity index (χ4n) is 1.94. The number of halogens is 1. The smallest absolute Gasteiger partial charge is 0.165 e. The van der Waals surface area contributed by atoms with E-state index in [1.807, 2.05) is 13.0 Å². The molecule has 0 radical (unpaired) electrons. The average Bonchev–Trinajstić information content (AvgIpc) is 3.17. The molecule has 20 heavy (non-hydrogen) atoms. The van der Waals surface area contributed by atoms with E-state index in [4.69, 9.17) is 4.74 Å². The van der Waals surface area contributed by atoms with Crippen LogP contribution in [-0.2, 0) is 13.2 Å². The predicted molar refractivity (Wildman–Crippen MR) is 77.4 cm³/mol. The Morgan fingerprint density at radius 1 is 1.45 bits per heavy atom. The van der Waals surface area contributed by atoms with Gasteiger partial charge in [0, 0.05) is 18.8 Å². The number of aryl methyl sites for hydroxylation is 1. The van der Waals surface area contributed by atoms with Gasteiger partial charge >= 0.3 is 0 Å². The molecular weight excluding hydrogens is 275 g/mol. The van der Waals surface area contributed by atoms with Gasteiger partial charge < -0.3 is 10.1 Å². The molecule has 0 saturated heterocycles. The number of hydrogen-bond donors (Lipinski definition) is 1. The summed E-state index contributed by atoms with van der Waals surface area (Å²) in [5.74, 6) is -0.00689. The van der Waals surface area contributed by atoms with E-state index in [9.17, 15) is 4.39 Å². The van der Waals surface area contributed by atoms with Crippen molar-refractivity contribution in [1.29, 1.82) is 0 Å². The molecule has 1 heterocycles. The molecule has 3 nitrogen and oxygen atoms in total. The van der Waals surface area contributed by atoms with Gasteiger partial charge in [-0.2, -0.15) is 0 Å². The van der Waals surface area contributed by atoms with Crippen molar-refractivity contribution >= 4 is 11.3 Å². The van der Waals surface area contributed by atoms with Crippen LogP contribution in [0.2, 0.25) is 0 Å². The van der Waals surface area contributed by atoms with Crippen LogP contribution in [-0.4, -0.2) is 11.0 Å². The maximum Gasteiger partial charge on any atom is 0.165 e. The molecule has 1 aliphatic rings. The van der Waals surface area contributed by atoms with E-state index in [-0.39, 0.29) is 5.82 Å². The van der Waals surface area contributed by atoms with Crippen molar-refractivity contribution in [3.63, 3.8) is 0 Å². The first-order valence-corrected chi connectivity index (χ1v) is 7.58. The second kappa shape index (κ2) is 5.89. The number of hydrogen-bond acceptors (Lipinski definition) is 4. The van der Waals surface area contributed by atoms with Gasteiger partial charge in [-0.15, -0.1) is 11.3 Å². The third kappa shape index (κ3) is 3.55. The summed E-state index contributed by atoms with van der Waals surface area (Å²) in [5.41, 5.74) is 0.954. The first-order valence-electron chi connectivity index (χ1n) is 6.76. The van der Waals surface area contributed by atoms with E-state index in [0.29, 0.717) is 18.4 Å². The Bertz CT molecular complexity index is 595. The van der Waals surface area contributed by atoms with E-state index in [1.165, 1.54) is 12.8 Å². The molecule has 1 aliphatic carbocycles. The normalized spacial score (nSPS) is 14.5. The Hall–Kier alpha value is -1.46. The molecule has 1 N–H and O–H groups in total. The van der Waals surface area contributed by atoms with Crippen LogP contribution in [0.15, 0.2) is 24.4 Å². The Balaban J connectivity index is 1.58. The van der Waals surface area contributed by atoms with E-state index >= 15 is 0 Å². The lowest BCUT2D eigenvalue weighted by Gasteiger charge is -2.08. The molecule has 1 fully saturated rings. The monoisotopic (exact) mass is 292 g/mol. The molecule has 0 aliphatic heterocycles. The molecule has 0 unspecified atom stereocenters. The summed E-state index contributed by atoms with van der Waals surface area (Å²) in [4.78, 5) is 5.15. The predicted octanol–water partition coefficient (Wildman–Crippen LogP) is 3.42. The molecular formula is C15H17FN2OS. The van der Waals surface area contributed by atoms with Crippen molar-refractivity contribution in [2.45, 2.75) is 39.0 Å². The quantitative estimate of drug-likeness (QED) is 0.886. The van der Waals surface area contributed by atoms with Crippen LogP contribution in [0.3, 0.4) is 0 Å². The number of benzene rings is 1. The van der Waals surface area contributed by atoms with E-state index in [1.54, 1.807) is 29.7 Å². The molecule has 0 atom stereocenters. The van der Waals surface area contributed by atoms with Crippen molar-refractivity contribution in [3.8, 4) is 5.75 Å². The number of nitrogens with zero attached hydrogens (tertiary/aromatic N) is 1. The minimum Gasteiger partial charge on any atom is -0.485 e. The Labute approximate surface area is 121 Å². The van der Waals surface area contributed by atoms with E-state index < -0.39 is 0 Å². The fourth-order valence-corrected chi connectivity index (χ4v) is 2.65. The van der Waals surface area contributed by atoms with E-state index in [0.717, 1.165) is 22.0 Å². The van der Waals surface area contributed by atoms with Gasteiger partial charge in [-0.05, 0) is 37.5 Å². The molecule has 0 amide bonds. The SMILES string of the molecule is Cc1ncc(COc2ccc(CNC3CC3)cc2F)s1. The van der Waals surface area contributed by atoms with Gasteiger partial charge in [-0.3, -0.25) is 0 Å². The summed E-state index contributed by atoms with van der Waals surface area (Å²) >= 11 is 1.57. The molecule has 1 saturated carbocycles. The first-order chi connectivity index (χ1) is 9.70. The fraction of sp³-hybridized carbons (Fsp3) is 0.400. The van der Waals surface area contributed by atoms with Crippen LogP contribution in [0.1, 0.15) is 28.3 Å². The highest BCUT2D eigenvalue weighted by Crippen LogP contribution is 2.23. The van der Waals surface area contributed by atoms with Gasteiger partial charge in [-0.25, -0.2) is 9.37 Å². The van der Waals surface area contributed by atoms with Gasteiger partial charge in [0.05, 0.1) is 9.88 Å². The largest absolute Gasteiger partial charge is 0.485 e. The molecule has 2 aromatic rings. The molecule has 106 valence electrons. The zero-order chi connectivity index (χ0) is 13.9. The molecule has 1 aromatic heterocycles.